The van der Waals surface area contributed by atoms with Gasteiger partial charge in [0.25, 0.3) is 0 Å². The summed E-state index contributed by atoms with van der Waals surface area (Å²) in [5.74, 6) is 0.664. The summed E-state index contributed by atoms with van der Waals surface area (Å²) in [5.41, 5.74) is 2.45. The summed E-state index contributed by atoms with van der Waals surface area (Å²) in [6.45, 7) is 3.55. The van der Waals surface area contributed by atoms with Gasteiger partial charge in [-0.05, 0) is 50.6 Å². The van der Waals surface area contributed by atoms with Crippen LogP contribution in [0.2, 0.25) is 0 Å². The monoisotopic (exact) mass is 302 g/mol. The van der Waals surface area contributed by atoms with Crippen LogP contribution in [-0.2, 0) is 4.79 Å². The van der Waals surface area contributed by atoms with Gasteiger partial charge in [0, 0.05) is 6.04 Å². The van der Waals surface area contributed by atoms with Gasteiger partial charge in [0.15, 0.2) is 0 Å². The van der Waals surface area contributed by atoms with Crippen molar-refractivity contribution in [3.8, 4) is 0 Å². The second kappa shape index (κ2) is 6.80. The van der Waals surface area contributed by atoms with Crippen molar-refractivity contribution in [3.05, 3.63) is 35.4 Å². The molecule has 1 saturated carbocycles. The summed E-state index contributed by atoms with van der Waals surface area (Å²) < 4.78 is 0. The minimum Gasteiger partial charge on any atom is -0.395 e. The van der Waals surface area contributed by atoms with Gasteiger partial charge in [-0.2, -0.15) is 0 Å². The van der Waals surface area contributed by atoms with Crippen LogP contribution in [-0.4, -0.2) is 41.7 Å². The number of carbonyl (C=O) groups is 1. The molecule has 4 nitrogen and oxygen atoms in total. The van der Waals surface area contributed by atoms with E-state index in [1.165, 1.54) is 24.0 Å². The number of aliphatic hydroxyl groups is 1. The molecule has 2 atom stereocenters. The molecule has 0 aromatic heterocycles. The smallest absolute Gasteiger partial charge is 0.234 e. The highest BCUT2D eigenvalue weighted by Gasteiger charge is 2.34. The zero-order chi connectivity index (χ0) is 15.5. The van der Waals surface area contributed by atoms with Crippen LogP contribution >= 0.6 is 0 Å². The molecular weight excluding hydrogens is 276 g/mol. The summed E-state index contributed by atoms with van der Waals surface area (Å²) in [5, 5.41) is 12.6. The molecule has 1 saturated heterocycles. The van der Waals surface area contributed by atoms with Crippen molar-refractivity contribution >= 4 is 5.91 Å². The van der Waals surface area contributed by atoms with Crippen LogP contribution in [0.15, 0.2) is 24.3 Å². The van der Waals surface area contributed by atoms with Crippen molar-refractivity contribution < 1.29 is 9.90 Å². The Balaban J connectivity index is 1.61. The predicted molar refractivity (Wildman–Crippen MR) is 86.5 cm³/mol. The number of likely N-dealkylation sites (tertiary alicyclic amines) is 1. The fraction of sp³-hybridized carbons (Fsp3) is 0.611. The van der Waals surface area contributed by atoms with E-state index in [-0.39, 0.29) is 24.6 Å². The summed E-state index contributed by atoms with van der Waals surface area (Å²) in [7, 11) is 0. The van der Waals surface area contributed by atoms with E-state index in [0.29, 0.717) is 12.5 Å². The first-order valence-electron chi connectivity index (χ1n) is 8.38. The summed E-state index contributed by atoms with van der Waals surface area (Å²) >= 11 is 0. The number of aryl methyl sites for hydroxylation is 1. The minimum atomic E-state index is 0.0813. The van der Waals surface area contributed by atoms with Gasteiger partial charge >= 0.3 is 0 Å². The molecule has 2 fully saturated rings. The van der Waals surface area contributed by atoms with Crippen LogP contribution in [0, 0.1) is 12.8 Å². The topological polar surface area (TPSA) is 52.6 Å². The number of hydrogen-bond acceptors (Lipinski definition) is 3. The third kappa shape index (κ3) is 3.68. The van der Waals surface area contributed by atoms with Gasteiger partial charge in [0.1, 0.15) is 0 Å². The van der Waals surface area contributed by atoms with E-state index in [4.69, 9.17) is 0 Å². The van der Waals surface area contributed by atoms with E-state index in [1.54, 1.807) is 0 Å². The lowest BCUT2D eigenvalue weighted by Crippen LogP contribution is -2.42. The Morgan fingerprint density at radius 2 is 2.05 bits per heavy atom. The Labute approximate surface area is 132 Å². The molecule has 1 aliphatic carbocycles. The lowest BCUT2D eigenvalue weighted by molar-refractivity contribution is -0.123. The average molecular weight is 302 g/mol. The van der Waals surface area contributed by atoms with Crippen LogP contribution < -0.4 is 5.32 Å². The maximum Gasteiger partial charge on any atom is 0.234 e. The maximum absolute atomic E-state index is 12.4. The Morgan fingerprint density at radius 3 is 2.68 bits per heavy atom. The number of nitrogens with one attached hydrogen (secondary N) is 1. The van der Waals surface area contributed by atoms with Gasteiger partial charge in [-0.3, -0.25) is 9.69 Å². The van der Waals surface area contributed by atoms with E-state index < -0.39 is 0 Å². The van der Waals surface area contributed by atoms with Crippen LogP contribution in [0.5, 0.6) is 0 Å². The van der Waals surface area contributed by atoms with Crippen LogP contribution in [0.25, 0.3) is 0 Å². The van der Waals surface area contributed by atoms with Gasteiger partial charge in [0.2, 0.25) is 5.91 Å². The standard InChI is InChI=1S/C18H26N2O2/c1-13-4-6-14(7-5-13)18(15-8-9-15)19-17(22)11-20-10-2-3-16(20)12-21/h4-7,15-16,18,21H,2-3,8-12H2,1H3,(H,19,22)/t16-,18?/m1/s1. The first-order valence-corrected chi connectivity index (χ1v) is 8.38. The van der Waals surface area contributed by atoms with E-state index >= 15 is 0 Å². The molecule has 0 spiro atoms. The molecule has 1 aromatic carbocycles. The molecule has 120 valence electrons. The molecule has 1 aromatic rings. The Bertz CT molecular complexity index is 510. The number of aliphatic hydroxyl groups excluding tert-OH is 1. The molecule has 0 bridgehead atoms. The zero-order valence-electron chi connectivity index (χ0n) is 13.3. The Morgan fingerprint density at radius 1 is 1.32 bits per heavy atom. The van der Waals surface area contributed by atoms with Crippen molar-refractivity contribution in [2.24, 2.45) is 5.92 Å². The molecule has 3 rings (SSSR count). The Hall–Kier alpha value is -1.39. The summed E-state index contributed by atoms with van der Waals surface area (Å²) in [6.07, 6.45) is 4.46. The van der Waals surface area contributed by atoms with Gasteiger partial charge in [-0.25, -0.2) is 0 Å². The molecule has 4 heteroatoms. The second-order valence-electron chi connectivity index (χ2n) is 6.74. The number of nitrogens with zero attached hydrogens (tertiary/aromatic N) is 1. The van der Waals surface area contributed by atoms with Crippen molar-refractivity contribution in [2.75, 3.05) is 19.7 Å². The van der Waals surface area contributed by atoms with Crippen molar-refractivity contribution in [3.63, 3.8) is 0 Å². The molecule has 2 aliphatic rings. The highest BCUT2D eigenvalue weighted by Crippen LogP contribution is 2.41. The maximum atomic E-state index is 12.4. The molecule has 22 heavy (non-hydrogen) atoms. The quantitative estimate of drug-likeness (QED) is 0.845. The van der Waals surface area contributed by atoms with Crippen LogP contribution in [0.3, 0.4) is 0 Å². The zero-order valence-corrected chi connectivity index (χ0v) is 13.3. The van der Waals surface area contributed by atoms with Crippen molar-refractivity contribution in [1.29, 1.82) is 0 Å². The SMILES string of the molecule is Cc1ccc(C(NC(=O)CN2CCC[C@@H]2CO)C2CC2)cc1. The average Bonchev–Trinajstić information content (AvgIpc) is 3.26. The highest BCUT2D eigenvalue weighted by molar-refractivity contribution is 5.78. The highest BCUT2D eigenvalue weighted by atomic mass is 16.3. The first kappa shape index (κ1) is 15.5. The Kier molecular flexibility index (Phi) is 4.79. The van der Waals surface area contributed by atoms with Crippen molar-refractivity contribution in [1.82, 2.24) is 10.2 Å². The molecule has 1 unspecified atom stereocenters. The molecule has 1 amide bonds. The largest absolute Gasteiger partial charge is 0.395 e. The molecule has 2 N–H and O–H groups in total. The van der Waals surface area contributed by atoms with E-state index in [1.807, 2.05) is 0 Å². The first-order chi connectivity index (χ1) is 10.7. The number of hydrogen-bond donors (Lipinski definition) is 2. The normalized spacial score (nSPS) is 23.5. The second-order valence-corrected chi connectivity index (χ2v) is 6.74. The third-order valence-electron chi connectivity index (χ3n) is 4.90. The van der Waals surface area contributed by atoms with Crippen molar-refractivity contribution in [2.45, 2.75) is 44.7 Å². The van der Waals surface area contributed by atoms with Gasteiger partial charge in [-0.15, -0.1) is 0 Å². The fourth-order valence-corrected chi connectivity index (χ4v) is 3.39. The minimum absolute atomic E-state index is 0.0813. The predicted octanol–water partition coefficient (Wildman–Crippen LogP) is 2.02. The molecule has 1 aliphatic heterocycles. The van der Waals surface area contributed by atoms with Crippen LogP contribution in [0.1, 0.15) is 42.9 Å². The summed E-state index contributed by atoms with van der Waals surface area (Å²) in [4.78, 5) is 14.5. The lowest BCUT2D eigenvalue weighted by atomic mass is 10.0. The molecule has 1 heterocycles. The number of rotatable bonds is 6. The van der Waals surface area contributed by atoms with E-state index in [9.17, 15) is 9.90 Å². The lowest BCUT2D eigenvalue weighted by Gasteiger charge is -2.24. The van der Waals surface area contributed by atoms with E-state index in [0.717, 1.165) is 19.4 Å². The summed E-state index contributed by atoms with van der Waals surface area (Å²) in [6, 6.07) is 8.78. The van der Waals surface area contributed by atoms with Gasteiger partial charge in [-0.1, -0.05) is 29.8 Å². The van der Waals surface area contributed by atoms with Crippen LogP contribution in [0.4, 0.5) is 0 Å². The number of benzene rings is 1. The molecule has 0 radical (unpaired) electrons. The number of carbonyl (C=O) groups excluding carboxylic acids is 1. The third-order valence-corrected chi connectivity index (χ3v) is 4.90. The molecular formula is C18H26N2O2. The fourth-order valence-electron chi connectivity index (χ4n) is 3.39. The van der Waals surface area contributed by atoms with Gasteiger partial charge in [0.05, 0.1) is 19.2 Å². The van der Waals surface area contributed by atoms with E-state index in [2.05, 4.69) is 41.4 Å². The van der Waals surface area contributed by atoms with Gasteiger partial charge < -0.3 is 10.4 Å². The number of amides is 1.